The van der Waals surface area contributed by atoms with Gasteiger partial charge in [-0.25, -0.2) is 9.79 Å². The number of nitro benzene ring substituents is 1. The monoisotopic (exact) mass is 495 g/mol. The van der Waals surface area contributed by atoms with Crippen LogP contribution >= 0.6 is 11.3 Å². The van der Waals surface area contributed by atoms with Gasteiger partial charge in [0.1, 0.15) is 5.75 Å². The molecule has 0 bridgehead atoms. The topological polar surface area (TPSA) is 133 Å². The second-order valence-electron chi connectivity index (χ2n) is 7.55. The maximum atomic E-state index is 13.6. The molecule has 0 aliphatic carbocycles. The van der Waals surface area contributed by atoms with E-state index in [0.717, 1.165) is 11.3 Å². The minimum Gasteiger partial charge on any atom is -0.502 e. The van der Waals surface area contributed by atoms with Crippen molar-refractivity contribution in [2.24, 2.45) is 4.99 Å². The molecule has 10 nitrogen and oxygen atoms in total. The zero-order chi connectivity index (χ0) is 25.3. The molecule has 11 heteroatoms. The number of para-hydroxylation sites is 1. The van der Waals surface area contributed by atoms with E-state index in [9.17, 15) is 24.8 Å². The molecule has 0 fully saturated rings. The number of aromatic nitrogens is 1. The van der Waals surface area contributed by atoms with Gasteiger partial charge in [-0.05, 0) is 37.6 Å². The summed E-state index contributed by atoms with van der Waals surface area (Å²) in [5.74, 6) is -0.515. The molecule has 0 radical (unpaired) electrons. The van der Waals surface area contributed by atoms with Gasteiger partial charge in [0.2, 0.25) is 5.75 Å². The quantitative estimate of drug-likeness (QED) is 0.315. The first-order chi connectivity index (χ1) is 16.8. The summed E-state index contributed by atoms with van der Waals surface area (Å²) < 4.78 is 12.1. The number of thiazole rings is 1. The second kappa shape index (κ2) is 9.55. The summed E-state index contributed by atoms with van der Waals surface area (Å²) in [6, 6.07) is 10.2. The van der Waals surface area contributed by atoms with Crippen LogP contribution in [-0.2, 0) is 9.53 Å². The summed E-state index contributed by atoms with van der Waals surface area (Å²) in [5, 5.41) is 21.5. The van der Waals surface area contributed by atoms with Crippen molar-refractivity contribution in [1.29, 1.82) is 0 Å². The van der Waals surface area contributed by atoms with E-state index >= 15 is 0 Å². The highest BCUT2D eigenvalue weighted by atomic mass is 32.1. The van der Waals surface area contributed by atoms with Gasteiger partial charge in [0, 0.05) is 11.6 Å². The molecule has 180 valence electrons. The van der Waals surface area contributed by atoms with Crippen LogP contribution in [0.1, 0.15) is 31.0 Å². The van der Waals surface area contributed by atoms with Gasteiger partial charge in [0.05, 0.1) is 40.5 Å². The van der Waals surface area contributed by atoms with Crippen LogP contribution in [0.3, 0.4) is 0 Å². The lowest BCUT2D eigenvalue weighted by atomic mass is 9.96. The first-order valence-electron chi connectivity index (χ1n) is 10.6. The van der Waals surface area contributed by atoms with Crippen molar-refractivity contribution in [2.45, 2.75) is 19.9 Å². The first-order valence-corrected chi connectivity index (χ1v) is 11.4. The van der Waals surface area contributed by atoms with Crippen molar-refractivity contribution in [2.75, 3.05) is 13.7 Å². The number of ether oxygens (including phenoxy) is 2. The predicted octanol–water partition coefficient (Wildman–Crippen LogP) is 2.42. The SMILES string of the molecule is CCOC(=O)C1=C(C)N=c2sc(=Cc3cccc([N+](=O)[O-])c3O)c(=O)n2[C@H]1c1ccc(OC)cc1. The minimum absolute atomic E-state index is 0.117. The summed E-state index contributed by atoms with van der Waals surface area (Å²) in [4.78, 5) is 41.8. The number of fused-ring (bicyclic) bond motifs is 1. The molecule has 1 atom stereocenters. The normalized spacial score (nSPS) is 15.4. The van der Waals surface area contributed by atoms with Crippen LogP contribution in [0.15, 0.2) is 63.5 Å². The van der Waals surface area contributed by atoms with Crippen LogP contribution in [0.25, 0.3) is 6.08 Å². The van der Waals surface area contributed by atoms with Crippen LogP contribution in [0.2, 0.25) is 0 Å². The number of carbonyl (C=O) groups is 1. The third-order valence-corrected chi connectivity index (χ3v) is 6.46. The molecule has 1 aliphatic rings. The van der Waals surface area contributed by atoms with Gasteiger partial charge in [-0.2, -0.15) is 0 Å². The standard InChI is InChI=1S/C24H21N3O7S/c1-4-34-23(30)19-13(2)25-24-26(20(19)14-8-10-16(33-3)11-9-14)22(29)18(35-24)12-15-6-5-7-17(21(15)28)27(31)32/h5-12,20,28H,4H2,1-3H3/t20-/m0/s1. The average Bonchev–Trinajstić information content (AvgIpc) is 3.13. The number of esters is 1. The number of nitrogens with zero attached hydrogens (tertiary/aromatic N) is 3. The Hall–Kier alpha value is -4.25. The maximum Gasteiger partial charge on any atom is 0.338 e. The molecule has 2 heterocycles. The lowest BCUT2D eigenvalue weighted by Gasteiger charge is -2.24. The van der Waals surface area contributed by atoms with Gasteiger partial charge in [0.25, 0.3) is 5.56 Å². The molecule has 1 aromatic heterocycles. The molecule has 1 N–H and O–H groups in total. The second-order valence-corrected chi connectivity index (χ2v) is 8.56. The van der Waals surface area contributed by atoms with Crippen LogP contribution in [0, 0.1) is 10.1 Å². The van der Waals surface area contributed by atoms with Crippen LogP contribution < -0.4 is 19.6 Å². The Labute approximate surface area is 202 Å². The third kappa shape index (κ3) is 4.33. The Morgan fingerprint density at radius 3 is 2.63 bits per heavy atom. The molecule has 0 saturated carbocycles. The fourth-order valence-corrected chi connectivity index (χ4v) is 4.88. The van der Waals surface area contributed by atoms with E-state index in [2.05, 4.69) is 4.99 Å². The Kier molecular flexibility index (Phi) is 6.52. The zero-order valence-corrected chi connectivity index (χ0v) is 19.9. The van der Waals surface area contributed by atoms with Gasteiger partial charge >= 0.3 is 11.7 Å². The fourth-order valence-electron chi connectivity index (χ4n) is 3.85. The van der Waals surface area contributed by atoms with E-state index in [1.54, 1.807) is 38.1 Å². The van der Waals surface area contributed by atoms with Gasteiger partial charge in [-0.3, -0.25) is 19.5 Å². The van der Waals surface area contributed by atoms with Crippen molar-refractivity contribution in [1.82, 2.24) is 4.57 Å². The molecule has 3 aromatic rings. The van der Waals surface area contributed by atoms with Gasteiger partial charge < -0.3 is 14.6 Å². The third-order valence-electron chi connectivity index (χ3n) is 5.48. The summed E-state index contributed by atoms with van der Waals surface area (Å²) in [7, 11) is 1.54. The molecule has 0 spiro atoms. The highest BCUT2D eigenvalue weighted by molar-refractivity contribution is 7.07. The van der Waals surface area contributed by atoms with Gasteiger partial charge in [-0.15, -0.1) is 0 Å². The zero-order valence-electron chi connectivity index (χ0n) is 19.0. The largest absolute Gasteiger partial charge is 0.502 e. The van der Waals surface area contributed by atoms with Crippen LogP contribution in [-0.4, -0.2) is 34.3 Å². The number of benzene rings is 2. The molecule has 0 saturated heterocycles. The van der Waals surface area contributed by atoms with Gasteiger partial charge in [-0.1, -0.05) is 35.6 Å². The summed E-state index contributed by atoms with van der Waals surface area (Å²) in [5.41, 5.74) is 0.475. The van der Waals surface area contributed by atoms with E-state index < -0.39 is 33.9 Å². The highest BCUT2D eigenvalue weighted by Crippen LogP contribution is 2.32. The van der Waals surface area contributed by atoms with Crippen molar-refractivity contribution in [3.63, 3.8) is 0 Å². The number of nitro groups is 1. The number of rotatable bonds is 6. The highest BCUT2D eigenvalue weighted by Gasteiger charge is 2.33. The van der Waals surface area contributed by atoms with Crippen LogP contribution in [0.5, 0.6) is 11.5 Å². The van der Waals surface area contributed by atoms with Crippen molar-refractivity contribution < 1.29 is 24.3 Å². The summed E-state index contributed by atoms with van der Waals surface area (Å²) >= 11 is 1.05. The van der Waals surface area contributed by atoms with E-state index in [1.807, 2.05) is 0 Å². The van der Waals surface area contributed by atoms with E-state index in [1.165, 1.54) is 36.0 Å². The molecular formula is C24H21N3O7S. The fraction of sp³-hybridized carbons (Fsp3) is 0.208. The lowest BCUT2D eigenvalue weighted by Crippen LogP contribution is -2.39. The van der Waals surface area contributed by atoms with E-state index in [4.69, 9.17) is 9.47 Å². The smallest absolute Gasteiger partial charge is 0.338 e. The molecule has 35 heavy (non-hydrogen) atoms. The van der Waals surface area contributed by atoms with E-state index in [0.29, 0.717) is 21.8 Å². The Morgan fingerprint density at radius 1 is 1.29 bits per heavy atom. The number of phenols is 1. The number of allylic oxidation sites excluding steroid dienone is 1. The molecule has 1 aliphatic heterocycles. The number of aromatic hydroxyl groups is 1. The maximum absolute atomic E-state index is 13.6. The number of methoxy groups -OCH3 is 1. The summed E-state index contributed by atoms with van der Waals surface area (Å²) in [6.07, 6.45) is 1.38. The van der Waals surface area contributed by atoms with Crippen molar-refractivity contribution in [3.8, 4) is 11.5 Å². The Balaban J connectivity index is 1.95. The molecule has 4 rings (SSSR count). The Bertz CT molecular complexity index is 1530. The summed E-state index contributed by atoms with van der Waals surface area (Å²) in [6.45, 7) is 3.52. The van der Waals surface area contributed by atoms with E-state index in [-0.39, 0.29) is 22.3 Å². The van der Waals surface area contributed by atoms with Crippen molar-refractivity contribution in [3.05, 3.63) is 94.7 Å². The molecule has 2 aromatic carbocycles. The van der Waals surface area contributed by atoms with Crippen LogP contribution in [0.4, 0.5) is 5.69 Å². The molecular weight excluding hydrogens is 474 g/mol. The first kappa shape index (κ1) is 23.9. The predicted molar refractivity (Wildman–Crippen MR) is 128 cm³/mol. The number of carbonyl (C=O) groups excluding carboxylic acids is 1. The Morgan fingerprint density at radius 2 is 2.00 bits per heavy atom. The average molecular weight is 496 g/mol. The number of hydrogen-bond acceptors (Lipinski definition) is 9. The molecule has 0 unspecified atom stereocenters. The molecule has 0 amide bonds. The van der Waals surface area contributed by atoms with Crippen molar-refractivity contribution >= 4 is 29.1 Å². The minimum atomic E-state index is -0.808. The number of hydrogen-bond donors (Lipinski definition) is 1. The van der Waals surface area contributed by atoms with Gasteiger partial charge in [0.15, 0.2) is 4.80 Å². The number of phenolic OH excluding ortho intramolecular Hbond substituents is 1. The lowest BCUT2D eigenvalue weighted by molar-refractivity contribution is -0.385.